The van der Waals surface area contributed by atoms with Gasteiger partial charge in [0.1, 0.15) is 0 Å². The zero-order chi connectivity index (χ0) is 33.6. The standard InChI is InChI=1S/C42H60N2O3/c1-26(2)29-16-21-42(25-44-36(45)32-9-8-24-43-32)23-22-40(6)31(35(29)42)14-15-34-39(5)19-17-30(27-10-12-28(13-11-27)37(46)47)38(3,4)33(39)18-20-41(34,40)7/h10-13,17,29,31-35,43H,1,8-9,14-16,18-25H2,2-7H3,(H,44,45)(H,46,47)/t29-,31+,32+,33-,34+,35+,39-,40+,41+,42+/m0/s1. The zero-order valence-corrected chi connectivity index (χ0v) is 30.0. The largest absolute Gasteiger partial charge is 0.478 e. The van der Waals surface area contributed by atoms with Gasteiger partial charge in [0, 0.05) is 6.54 Å². The van der Waals surface area contributed by atoms with E-state index in [2.05, 4.69) is 64.8 Å². The molecule has 4 saturated carbocycles. The normalized spacial score (nSPS) is 43.5. The van der Waals surface area contributed by atoms with Crippen LogP contribution in [0.1, 0.15) is 128 Å². The number of amides is 1. The Kier molecular flexibility index (Phi) is 7.98. The van der Waals surface area contributed by atoms with Gasteiger partial charge in [0.05, 0.1) is 11.6 Å². The number of hydrogen-bond donors (Lipinski definition) is 3. The summed E-state index contributed by atoms with van der Waals surface area (Å²) in [6.07, 6.45) is 15.7. The lowest BCUT2D eigenvalue weighted by Gasteiger charge is -2.72. The van der Waals surface area contributed by atoms with Crippen LogP contribution in [0.3, 0.4) is 0 Å². The second-order valence-electron chi connectivity index (χ2n) is 18.3. The Morgan fingerprint density at radius 2 is 1.66 bits per heavy atom. The fourth-order valence-corrected chi connectivity index (χ4v) is 13.8. The van der Waals surface area contributed by atoms with Crippen LogP contribution in [0.25, 0.3) is 5.57 Å². The molecule has 5 heteroatoms. The van der Waals surface area contributed by atoms with Crippen LogP contribution in [0.4, 0.5) is 0 Å². The summed E-state index contributed by atoms with van der Waals surface area (Å²) >= 11 is 0. The van der Waals surface area contributed by atoms with Gasteiger partial charge in [-0.3, -0.25) is 4.79 Å². The summed E-state index contributed by atoms with van der Waals surface area (Å²) in [5.74, 6) is 2.43. The van der Waals surface area contributed by atoms with Gasteiger partial charge in [-0.05, 0) is 164 Å². The Labute approximate surface area is 283 Å². The van der Waals surface area contributed by atoms with E-state index in [-0.39, 0.29) is 39.0 Å². The molecule has 0 spiro atoms. The molecule has 0 unspecified atom stereocenters. The molecular weight excluding hydrogens is 580 g/mol. The lowest BCUT2D eigenvalue weighted by Crippen LogP contribution is -2.66. The average Bonchev–Trinajstić information content (AvgIpc) is 3.70. The first-order valence-electron chi connectivity index (χ1n) is 18.9. The van der Waals surface area contributed by atoms with Crippen LogP contribution in [-0.4, -0.2) is 36.1 Å². The number of fused-ring (bicyclic) bond motifs is 7. The highest BCUT2D eigenvalue weighted by molar-refractivity contribution is 5.88. The predicted octanol–water partition coefficient (Wildman–Crippen LogP) is 8.90. The van der Waals surface area contributed by atoms with Crippen LogP contribution in [0.2, 0.25) is 0 Å². The number of hydrogen-bond acceptors (Lipinski definition) is 3. The molecule has 7 rings (SSSR count). The van der Waals surface area contributed by atoms with Crippen molar-refractivity contribution in [1.82, 2.24) is 10.6 Å². The van der Waals surface area contributed by atoms with Crippen LogP contribution in [-0.2, 0) is 4.79 Å². The van der Waals surface area contributed by atoms with Crippen LogP contribution in [0.15, 0.2) is 42.5 Å². The molecule has 5 nitrogen and oxygen atoms in total. The maximum atomic E-state index is 13.2. The molecule has 5 aliphatic carbocycles. The van der Waals surface area contributed by atoms with Gasteiger partial charge in [-0.2, -0.15) is 0 Å². The van der Waals surface area contributed by atoms with E-state index in [1.54, 1.807) is 12.1 Å². The van der Waals surface area contributed by atoms with Crippen molar-refractivity contribution in [3.05, 3.63) is 53.6 Å². The minimum atomic E-state index is -0.866. The van der Waals surface area contributed by atoms with E-state index in [4.69, 9.17) is 0 Å². The molecule has 0 bridgehead atoms. The van der Waals surface area contributed by atoms with Gasteiger partial charge < -0.3 is 15.7 Å². The minimum absolute atomic E-state index is 0.0132. The van der Waals surface area contributed by atoms with E-state index < -0.39 is 5.97 Å². The molecule has 1 aromatic rings. The highest BCUT2D eigenvalue weighted by Gasteiger charge is 2.70. The Morgan fingerprint density at radius 1 is 0.915 bits per heavy atom. The van der Waals surface area contributed by atoms with Crippen molar-refractivity contribution in [2.45, 2.75) is 118 Å². The fraction of sp³-hybridized carbons (Fsp3) is 0.714. The fourth-order valence-electron chi connectivity index (χ4n) is 13.8. The number of allylic oxidation sites excluding steroid dienone is 3. The average molecular weight is 641 g/mol. The van der Waals surface area contributed by atoms with Crippen molar-refractivity contribution in [2.24, 2.45) is 56.7 Å². The minimum Gasteiger partial charge on any atom is -0.478 e. The Hall–Kier alpha value is -2.40. The first kappa shape index (κ1) is 33.1. The summed E-state index contributed by atoms with van der Waals surface area (Å²) in [5, 5.41) is 16.4. The maximum absolute atomic E-state index is 13.2. The van der Waals surface area contributed by atoms with E-state index in [1.165, 1.54) is 68.1 Å². The summed E-state index contributed by atoms with van der Waals surface area (Å²) in [6, 6.07) is 7.58. The van der Waals surface area contributed by atoms with Gasteiger partial charge in [-0.15, -0.1) is 0 Å². The summed E-state index contributed by atoms with van der Waals surface area (Å²) in [7, 11) is 0. The molecule has 1 aromatic carbocycles. The first-order valence-corrected chi connectivity index (χ1v) is 18.9. The smallest absolute Gasteiger partial charge is 0.335 e. The predicted molar refractivity (Wildman–Crippen MR) is 190 cm³/mol. The third-order valence-electron chi connectivity index (χ3n) is 16.3. The highest BCUT2D eigenvalue weighted by Crippen LogP contribution is 2.77. The number of carboxylic acid groups (broad SMARTS) is 1. The maximum Gasteiger partial charge on any atom is 0.335 e. The van der Waals surface area contributed by atoms with E-state index in [9.17, 15) is 14.7 Å². The number of rotatable bonds is 6. The van der Waals surface area contributed by atoms with Crippen LogP contribution in [0, 0.1) is 56.7 Å². The molecule has 1 amide bonds. The van der Waals surface area contributed by atoms with Gasteiger partial charge in [0.25, 0.3) is 0 Å². The zero-order valence-electron chi connectivity index (χ0n) is 30.0. The van der Waals surface area contributed by atoms with Crippen molar-refractivity contribution in [3.8, 4) is 0 Å². The molecule has 47 heavy (non-hydrogen) atoms. The summed E-state index contributed by atoms with van der Waals surface area (Å²) < 4.78 is 0. The lowest BCUT2D eigenvalue weighted by molar-refractivity contribution is -0.225. The van der Waals surface area contributed by atoms with Gasteiger partial charge >= 0.3 is 5.97 Å². The lowest BCUT2D eigenvalue weighted by atomic mass is 9.32. The third kappa shape index (κ3) is 4.78. The third-order valence-corrected chi connectivity index (χ3v) is 16.3. The number of aromatic carboxylic acids is 1. The molecule has 1 heterocycles. The second kappa shape index (κ2) is 11.3. The number of carbonyl (C=O) groups is 2. The van der Waals surface area contributed by atoms with E-state index in [0.29, 0.717) is 35.2 Å². The number of carbonyl (C=O) groups excluding carboxylic acids is 1. The quantitative estimate of drug-likeness (QED) is 0.271. The molecule has 256 valence electrons. The van der Waals surface area contributed by atoms with Crippen molar-refractivity contribution in [2.75, 3.05) is 13.1 Å². The van der Waals surface area contributed by atoms with Crippen molar-refractivity contribution >= 4 is 17.4 Å². The van der Waals surface area contributed by atoms with Gasteiger partial charge in [-0.25, -0.2) is 4.79 Å². The van der Waals surface area contributed by atoms with Crippen molar-refractivity contribution in [3.63, 3.8) is 0 Å². The van der Waals surface area contributed by atoms with Crippen LogP contribution >= 0.6 is 0 Å². The highest BCUT2D eigenvalue weighted by atomic mass is 16.4. The Morgan fingerprint density at radius 3 is 2.32 bits per heavy atom. The molecule has 6 aliphatic rings. The van der Waals surface area contributed by atoms with Gasteiger partial charge in [0.15, 0.2) is 0 Å². The topological polar surface area (TPSA) is 78.4 Å². The van der Waals surface area contributed by atoms with Crippen molar-refractivity contribution in [1.29, 1.82) is 0 Å². The Bertz CT molecular complexity index is 1470. The summed E-state index contributed by atoms with van der Waals surface area (Å²) in [6.45, 7) is 21.6. The van der Waals surface area contributed by atoms with E-state index in [1.807, 2.05) is 12.1 Å². The molecule has 0 radical (unpaired) electrons. The SMILES string of the molecule is C=C(C)[C@@H]1CC[C@]2(CNC(=O)[C@H]3CCCN3)CC[C@]3(C)[C@H](CC[C@@H]4[C@@]5(C)CC=C(c6ccc(C(=O)O)cc6)C(C)(C)[C@@H]5CC[C@]43C)[C@@H]12. The Balaban J connectivity index is 1.18. The van der Waals surface area contributed by atoms with Gasteiger partial charge in [0.2, 0.25) is 5.91 Å². The van der Waals surface area contributed by atoms with Gasteiger partial charge in [-0.1, -0.05) is 65.0 Å². The van der Waals surface area contributed by atoms with E-state index >= 15 is 0 Å². The molecule has 1 aliphatic heterocycles. The molecular formula is C42H60N2O3. The molecule has 5 fully saturated rings. The molecule has 3 N–H and O–H groups in total. The monoisotopic (exact) mass is 640 g/mol. The molecule has 10 atom stereocenters. The summed E-state index contributed by atoms with van der Waals surface area (Å²) in [4.78, 5) is 24.8. The first-order chi connectivity index (χ1) is 22.2. The number of benzene rings is 1. The second-order valence-corrected chi connectivity index (χ2v) is 18.3. The number of nitrogens with one attached hydrogen (secondary N) is 2. The van der Waals surface area contributed by atoms with Crippen LogP contribution < -0.4 is 10.6 Å². The molecule has 1 saturated heterocycles. The van der Waals surface area contributed by atoms with E-state index in [0.717, 1.165) is 32.4 Å². The molecule has 0 aromatic heterocycles. The van der Waals surface area contributed by atoms with Crippen LogP contribution in [0.5, 0.6) is 0 Å². The number of carboxylic acids is 1. The summed E-state index contributed by atoms with van der Waals surface area (Å²) in [5.41, 5.74) is 5.27. The van der Waals surface area contributed by atoms with Crippen molar-refractivity contribution < 1.29 is 14.7 Å².